The lowest BCUT2D eigenvalue weighted by Crippen LogP contribution is -2.25. The standard InChI is InChI=1S/C34H28FN3O5S/c1-19-8-10-20(11-9-19)33-32(34(39)36-2)25-15-22(28(17-31(25)43-33)37(3)44(4,40)41)21-12-13-30-24(14-21)29-16-23-26(35)6-5-7-27(23)38(29)18-42-30/h5-17H,18H2,1-4H3,(H,36,39). The minimum atomic E-state index is -3.68. The Hall–Kier alpha value is -5.09. The molecule has 0 bridgehead atoms. The predicted molar refractivity (Wildman–Crippen MR) is 170 cm³/mol. The van der Waals surface area contributed by atoms with Crippen molar-refractivity contribution in [3.8, 4) is 39.5 Å². The Kier molecular flexibility index (Phi) is 6.29. The summed E-state index contributed by atoms with van der Waals surface area (Å²) >= 11 is 0. The molecule has 0 aliphatic carbocycles. The number of benzene rings is 4. The molecule has 1 aliphatic rings. The average molecular weight is 610 g/mol. The zero-order valence-electron chi connectivity index (χ0n) is 24.4. The summed E-state index contributed by atoms with van der Waals surface area (Å²) in [4.78, 5) is 13.3. The molecule has 0 radical (unpaired) electrons. The highest BCUT2D eigenvalue weighted by Gasteiger charge is 2.27. The summed E-state index contributed by atoms with van der Waals surface area (Å²) in [5.74, 6) is 0.352. The third-order valence-corrected chi connectivity index (χ3v) is 9.41. The van der Waals surface area contributed by atoms with E-state index < -0.39 is 10.0 Å². The minimum absolute atomic E-state index is 0.231. The Morgan fingerprint density at radius 3 is 2.43 bits per heavy atom. The van der Waals surface area contributed by atoms with Crippen LogP contribution >= 0.6 is 0 Å². The number of carbonyl (C=O) groups excluding carboxylic acids is 1. The number of nitrogens with zero attached hydrogens (tertiary/aromatic N) is 2. The summed E-state index contributed by atoms with van der Waals surface area (Å²) in [6.07, 6.45) is 1.13. The second-order valence-corrected chi connectivity index (χ2v) is 13.0. The van der Waals surface area contributed by atoms with Crippen molar-refractivity contribution in [2.24, 2.45) is 0 Å². The third-order valence-electron chi connectivity index (χ3n) is 8.22. The molecule has 0 fully saturated rings. The zero-order chi connectivity index (χ0) is 30.9. The van der Waals surface area contributed by atoms with Gasteiger partial charge < -0.3 is 19.0 Å². The molecule has 0 saturated heterocycles. The summed E-state index contributed by atoms with van der Waals surface area (Å²) in [5, 5.41) is 3.74. The van der Waals surface area contributed by atoms with E-state index in [9.17, 15) is 17.6 Å². The van der Waals surface area contributed by atoms with Crippen LogP contribution in [0.1, 0.15) is 15.9 Å². The first-order valence-electron chi connectivity index (χ1n) is 13.9. The summed E-state index contributed by atoms with van der Waals surface area (Å²) in [6, 6.07) is 23.4. The van der Waals surface area contributed by atoms with Crippen molar-refractivity contribution >= 4 is 43.5 Å². The minimum Gasteiger partial charge on any atom is -0.472 e. The predicted octanol–water partition coefficient (Wildman–Crippen LogP) is 6.94. The molecule has 2 aromatic heterocycles. The quantitative estimate of drug-likeness (QED) is 0.229. The zero-order valence-corrected chi connectivity index (χ0v) is 25.3. The summed E-state index contributed by atoms with van der Waals surface area (Å²) in [7, 11) is -0.651. The van der Waals surface area contributed by atoms with Crippen molar-refractivity contribution in [1.82, 2.24) is 9.88 Å². The van der Waals surface area contributed by atoms with Gasteiger partial charge in [0.15, 0.2) is 6.73 Å². The number of nitrogens with one attached hydrogen (secondary N) is 1. The van der Waals surface area contributed by atoms with Crippen LogP contribution in [-0.2, 0) is 16.8 Å². The first kappa shape index (κ1) is 27.7. The van der Waals surface area contributed by atoms with Gasteiger partial charge in [-0.1, -0.05) is 42.0 Å². The Morgan fingerprint density at radius 1 is 0.955 bits per heavy atom. The molecule has 4 aromatic carbocycles. The molecule has 10 heteroatoms. The van der Waals surface area contributed by atoms with E-state index in [0.717, 1.165) is 28.6 Å². The van der Waals surface area contributed by atoms with Gasteiger partial charge in [0.25, 0.3) is 5.91 Å². The highest BCUT2D eigenvalue weighted by molar-refractivity contribution is 7.92. The number of halogens is 1. The number of hydrogen-bond donors (Lipinski definition) is 1. The smallest absolute Gasteiger partial charge is 0.255 e. The number of furan rings is 1. The molecule has 0 unspecified atom stereocenters. The van der Waals surface area contributed by atoms with Crippen LogP contribution < -0.4 is 14.4 Å². The van der Waals surface area contributed by atoms with Crippen molar-refractivity contribution in [1.29, 1.82) is 0 Å². The van der Waals surface area contributed by atoms with Gasteiger partial charge in [-0.2, -0.15) is 0 Å². The van der Waals surface area contributed by atoms with Crippen LogP contribution in [0, 0.1) is 12.7 Å². The molecular formula is C34H28FN3O5S. The van der Waals surface area contributed by atoms with E-state index in [2.05, 4.69) is 5.32 Å². The number of aryl methyl sites for hydroxylation is 1. The number of aromatic nitrogens is 1. The number of ether oxygens (including phenoxy) is 1. The van der Waals surface area contributed by atoms with E-state index in [-0.39, 0.29) is 18.5 Å². The Bertz CT molecular complexity index is 2250. The number of rotatable bonds is 5. The number of anilines is 1. The van der Waals surface area contributed by atoms with Gasteiger partial charge in [0, 0.05) is 47.6 Å². The molecule has 1 N–H and O–H groups in total. The van der Waals surface area contributed by atoms with Crippen LogP contribution in [0.15, 0.2) is 83.3 Å². The van der Waals surface area contributed by atoms with Gasteiger partial charge in [-0.3, -0.25) is 9.10 Å². The van der Waals surface area contributed by atoms with Crippen molar-refractivity contribution in [2.75, 3.05) is 24.7 Å². The van der Waals surface area contributed by atoms with Crippen LogP contribution in [0.2, 0.25) is 0 Å². The van der Waals surface area contributed by atoms with Crippen LogP contribution in [0.4, 0.5) is 10.1 Å². The molecule has 1 aliphatic heterocycles. The molecule has 0 saturated carbocycles. The van der Waals surface area contributed by atoms with Gasteiger partial charge in [-0.15, -0.1) is 0 Å². The molecular weight excluding hydrogens is 581 g/mol. The van der Waals surface area contributed by atoms with Crippen molar-refractivity contribution in [2.45, 2.75) is 13.7 Å². The van der Waals surface area contributed by atoms with Crippen LogP contribution in [0.3, 0.4) is 0 Å². The maximum Gasteiger partial charge on any atom is 0.255 e. The van der Waals surface area contributed by atoms with E-state index in [1.807, 2.05) is 60.0 Å². The van der Waals surface area contributed by atoms with Crippen molar-refractivity contribution in [3.05, 3.63) is 95.8 Å². The first-order valence-corrected chi connectivity index (χ1v) is 15.8. The molecule has 6 aromatic rings. The fourth-order valence-electron chi connectivity index (χ4n) is 5.83. The summed E-state index contributed by atoms with van der Waals surface area (Å²) in [5.41, 5.74) is 6.33. The SMILES string of the molecule is CNC(=O)c1c(-c2ccc(C)cc2)oc2cc(N(C)S(C)(=O)=O)c(-c3ccc4c(c3)-c3cc5c(F)cccc5n3CO4)cc12. The first-order chi connectivity index (χ1) is 21.0. The van der Waals surface area contributed by atoms with Crippen LogP contribution in [-0.4, -0.2) is 39.2 Å². The van der Waals surface area contributed by atoms with Gasteiger partial charge in [-0.05, 0) is 48.9 Å². The molecule has 8 nitrogen and oxygen atoms in total. The fourth-order valence-corrected chi connectivity index (χ4v) is 6.34. The molecule has 44 heavy (non-hydrogen) atoms. The monoisotopic (exact) mass is 609 g/mol. The highest BCUT2D eigenvalue weighted by Crippen LogP contribution is 2.45. The molecule has 7 rings (SSSR count). The number of sulfonamides is 1. The maximum atomic E-state index is 14.7. The van der Waals surface area contributed by atoms with E-state index >= 15 is 0 Å². The van der Waals surface area contributed by atoms with Gasteiger partial charge in [-0.25, -0.2) is 12.8 Å². The number of hydrogen-bond acceptors (Lipinski definition) is 5. The number of amides is 1. The molecule has 222 valence electrons. The number of carbonyl (C=O) groups is 1. The second kappa shape index (κ2) is 9.99. The van der Waals surface area contributed by atoms with Gasteiger partial charge in [0.05, 0.1) is 28.7 Å². The second-order valence-electron chi connectivity index (χ2n) is 11.0. The van der Waals surface area contributed by atoms with E-state index in [1.165, 1.54) is 17.4 Å². The van der Waals surface area contributed by atoms with Crippen LogP contribution in [0.5, 0.6) is 5.75 Å². The number of fused-ring (bicyclic) bond motifs is 6. The lowest BCUT2D eigenvalue weighted by molar-refractivity contribution is 0.0964. The van der Waals surface area contributed by atoms with Gasteiger partial charge >= 0.3 is 0 Å². The van der Waals surface area contributed by atoms with E-state index in [4.69, 9.17) is 9.15 Å². The Balaban J connectivity index is 1.50. The van der Waals surface area contributed by atoms with Crippen molar-refractivity contribution in [3.63, 3.8) is 0 Å². The maximum absolute atomic E-state index is 14.7. The molecule has 3 heterocycles. The Morgan fingerprint density at radius 2 is 1.70 bits per heavy atom. The fraction of sp³-hybridized carbons (Fsp3) is 0.147. The Labute approximate surface area is 253 Å². The van der Waals surface area contributed by atoms with E-state index in [0.29, 0.717) is 55.8 Å². The largest absolute Gasteiger partial charge is 0.472 e. The van der Waals surface area contributed by atoms with Crippen molar-refractivity contribution < 1.29 is 26.8 Å². The summed E-state index contributed by atoms with van der Waals surface area (Å²) in [6.45, 7) is 2.20. The lowest BCUT2D eigenvalue weighted by atomic mass is 9.96. The molecule has 1 amide bonds. The normalized spacial score (nSPS) is 12.6. The van der Waals surface area contributed by atoms with Gasteiger partial charge in [0.2, 0.25) is 10.0 Å². The summed E-state index contributed by atoms with van der Waals surface area (Å²) < 4.78 is 55.8. The third kappa shape index (κ3) is 4.32. The molecule has 0 spiro atoms. The lowest BCUT2D eigenvalue weighted by Gasteiger charge is -2.24. The average Bonchev–Trinajstić information content (AvgIpc) is 3.59. The molecule has 0 atom stereocenters. The van der Waals surface area contributed by atoms with Crippen LogP contribution in [0.25, 0.3) is 55.6 Å². The van der Waals surface area contributed by atoms with E-state index in [1.54, 1.807) is 31.3 Å². The van der Waals surface area contributed by atoms with Gasteiger partial charge in [0.1, 0.15) is 22.9 Å². The highest BCUT2D eigenvalue weighted by atomic mass is 32.2. The topological polar surface area (TPSA) is 93.8 Å².